The zero-order valence-corrected chi connectivity index (χ0v) is 16.6. The Bertz CT molecular complexity index is 1130. The highest BCUT2D eigenvalue weighted by atomic mass is 19.4. The molecule has 1 amide bonds. The standard InChI is InChI=1S/C22H19F5N2O3/c23-21(24)8-9-28-11-18(21)29-20(30)17-10-13-4-3-6-15(19(13)32-17)14-5-1-2-7-16(14)31-12-22(25,26)27/h1-7,10,18,28H,8-9,11-12H2,(H,29,30)/t18-/m0/s1. The highest BCUT2D eigenvalue weighted by Gasteiger charge is 2.42. The van der Waals surface area contributed by atoms with Gasteiger partial charge in [0.05, 0.1) is 0 Å². The molecule has 0 aliphatic carbocycles. The summed E-state index contributed by atoms with van der Waals surface area (Å²) in [6.07, 6.45) is -4.90. The van der Waals surface area contributed by atoms with Gasteiger partial charge >= 0.3 is 6.18 Å². The van der Waals surface area contributed by atoms with Crippen molar-refractivity contribution in [3.05, 3.63) is 54.3 Å². The molecule has 1 aliphatic heterocycles. The van der Waals surface area contributed by atoms with E-state index in [2.05, 4.69) is 10.6 Å². The average Bonchev–Trinajstić information content (AvgIpc) is 3.18. The number of carbonyl (C=O) groups is 1. The zero-order valence-electron chi connectivity index (χ0n) is 16.6. The molecule has 0 saturated carbocycles. The summed E-state index contributed by atoms with van der Waals surface area (Å²) in [4.78, 5) is 12.6. The number of alkyl halides is 5. The van der Waals surface area contributed by atoms with Gasteiger partial charge in [-0.1, -0.05) is 36.4 Å². The van der Waals surface area contributed by atoms with Crippen molar-refractivity contribution in [3.8, 4) is 16.9 Å². The van der Waals surface area contributed by atoms with Crippen LogP contribution in [0.2, 0.25) is 0 Å². The second kappa shape index (κ2) is 8.42. The number of benzene rings is 2. The van der Waals surface area contributed by atoms with E-state index in [-0.39, 0.29) is 30.2 Å². The SMILES string of the molecule is O=C(N[C@H]1CNCCC1(F)F)c1cc2cccc(-c3ccccc3OCC(F)(F)F)c2o1. The van der Waals surface area contributed by atoms with Gasteiger partial charge in [0.15, 0.2) is 12.4 Å². The number of carbonyl (C=O) groups excluding carboxylic acids is 1. The number of hydrogen-bond acceptors (Lipinski definition) is 4. The molecule has 1 aromatic heterocycles. The fourth-order valence-electron chi connectivity index (χ4n) is 3.57. The molecule has 1 atom stereocenters. The molecule has 10 heteroatoms. The minimum Gasteiger partial charge on any atom is -0.483 e. The largest absolute Gasteiger partial charge is 0.483 e. The van der Waals surface area contributed by atoms with Crippen LogP contribution in [0.15, 0.2) is 52.9 Å². The van der Waals surface area contributed by atoms with Gasteiger partial charge in [0.2, 0.25) is 0 Å². The molecule has 0 bridgehead atoms. The van der Waals surface area contributed by atoms with E-state index < -0.39 is 37.1 Å². The van der Waals surface area contributed by atoms with E-state index in [1.807, 2.05) is 0 Å². The van der Waals surface area contributed by atoms with Crippen molar-refractivity contribution in [1.82, 2.24) is 10.6 Å². The summed E-state index contributed by atoms with van der Waals surface area (Å²) in [6, 6.07) is 11.1. The second-order valence-electron chi connectivity index (χ2n) is 7.48. The van der Waals surface area contributed by atoms with Gasteiger partial charge in [-0.05, 0) is 12.1 Å². The lowest BCUT2D eigenvalue weighted by Crippen LogP contribution is -2.57. The van der Waals surface area contributed by atoms with Crippen LogP contribution in [-0.2, 0) is 0 Å². The lowest BCUT2D eigenvalue weighted by atomic mass is 10.0. The molecule has 3 aromatic rings. The lowest BCUT2D eigenvalue weighted by Gasteiger charge is -2.32. The van der Waals surface area contributed by atoms with Crippen LogP contribution in [0.25, 0.3) is 22.1 Å². The average molecular weight is 454 g/mol. The first-order chi connectivity index (χ1) is 15.1. The highest BCUT2D eigenvalue weighted by molar-refractivity contribution is 6.00. The third kappa shape index (κ3) is 4.69. The smallest absolute Gasteiger partial charge is 0.422 e. The van der Waals surface area contributed by atoms with Crippen LogP contribution in [0.4, 0.5) is 22.0 Å². The van der Waals surface area contributed by atoms with Crippen LogP contribution >= 0.6 is 0 Å². The monoisotopic (exact) mass is 454 g/mol. The molecule has 2 N–H and O–H groups in total. The number of nitrogens with one attached hydrogen (secondary N) is 2. The topological polar surface area (TPSA) is 63.5 Å². The van der Waals surface area contributed by atoms with E-state index in [9.17, 15) is 26.7 Å². The number of piperidine rings is 1. The first-order valence-corrected chi connectivity index (χ1v) is 9.85. The van der Waals surface area contributed by atoms with Crippen LogP contribution < -0.4 is 15.4 Å². The van der Waals surface area contributed by atoms with Crippen LogP contribution in [0.5, 0.6) is 5.75 Å². The summed E-state index contributed by atoms with van der Waals surface area (Å²) in [6.45, 7) is -1.38. The Balaban J connectivity index is 1.64. The second-order valence-corrected chi connectivity index (χ2v) is 7.48. The predicted molar refractivity (Wildman–Crippen MR) is 107 cm³/mol. The number of ether oxygens (including phenoxy) is 1. The number of halogens is 5. The van der Waals surface area contributed by atoms with E-state index in [0.29, 0.717) is 16.5 Å². The van der Waals surface area contributed by atoms with Gasteiger partial charge in [0, 0.05) is 36.0 Å². The summed E-state index contributed by atoms with van der Waals surface area (Å²) < 4.78 is 76.6. The van der Waals surface area contributed by atoms with Gasteiger partial charge < -0.3 is 19.8 Å². The molecule has 4 rings (SSSR count). The Morgan fingerprint density at radius 3 is 2.66 bits per heavy atom. The van der Waals surface area contributed by atoms with Crippen molar-refractivity contribution in [3.63, 3.8) is 0 Å². The summed E-state index contributed by atoms with van der Waals surface area (Å²) in [7, 11) is 0. The van der Waals surface area contributed by atoms with E-state index in [4.69, 9.17) is 9.15 Å². The Labute approximate surface area is 179 Å². The lowest BCUT2D eigenvalue weighted by molar-refractivity contribution is -0.153. The molecule has 32 heavy (non-hydrogen) atoms. The van der Waals surface area contributed by atoms with E-state index in [1.165, 1.54) is 18.2 Å². The summed E-state index contributed by atoms with van der Waals surface area (Å²) >= 11 is 0. The molecule has 1 saturated heterocycles. The Morgan fingerprint density at radius 2 is 1.91 bits per heavy atom. The zero-order chi connectivity index (χ0) is 22.9. The molecule has 2 aromatic carbocycles. The summed E-state index contributed by atoms with van der Waals surface area (Å²) in [5.74, 6) is -4.04. The Hall–Kier alpha value is -3.14. The van der Waals surface area contributed by atoms with Crippen molar-refractivity contribution >= 4 is 16.9 Å². The Morgan fingerprint density at radius 1 is 1.16 bits per heavy atom. The molecule has 170 valence electrons. The molecular formula is C22H19F5N2O3. The van der Waals surface area contributed by atoms with Crippen LogP contribution in [0.1, 0.15) is 17.0 Å². The molecule has 1 fully saturated rings. The van der Waals surface area contributed by atoms with E-state index in [0.717, 1.165) is 0 Å². The number of rotatable bonds is 5. The molecule has 1 aliphatic rings. The fraction of sp³-hybridized carbons (Fsp3) is 0.318. The first kappa shape index (κ1) is 22.1. The predicted octanol–water partition coefficient (Wildman–Crippen LogP) is 4.77. The van der Waals surface area contributed by atoms with Crippen molar-refractivity contribution in [2.24, 2.45) is 0 Å². The first-order valence-electron chi connectivity index (χ1n) is 9.85. The van der Waals surface area contributed by atoms with Crippen LogP contribution in [0, 0.1) is 0 Å². The fourth-order valence-corrected chi connectivity index (χ4v) is 3.57. The number of furan rings is 1. The molecular weight excluding hydrogens is 435 g/mol. The minimum atomic E-state index is -4.51. The summed E-state index contributed by atoms with van der Waals surface area (Å²) in [5.41, 5.74) is 0.977. The quantitative estimate of drug-likeness (QED) is 0.546. The van der Waals surface area contributed by atoms with Crippen molar-refractivity contribution in [1.29, 1.82) is 0 Å². The van der Waals surface area contributed by atoms with Gasteiger partial charge in [0.25, 0.3) is 11.8 Å². The highest BCUT2D eigenvalue weighted by Crippen LogP contribution is 2.37. The number of para-hydroxylation sites is 2. The molecule has 2 heterocycles. The third-order valence-corrected chi connectivity index (χ3v) is 5.14. The van der Waals surface area contributed by atoms with Crippen LogP contribution in [0.3, 0.4) is 0 Å². The Kier molecular flexibility index (Phi) is 5.81. The van der Waals surface area contributed by atoms with Crippen LogP contribution in [-0.4, -0.2) is 43.7 Å². The van der Waals surface area contributed by atoms with Gasteiger partial charge in [0.1, 0.15) is 17.4 Å². The molecule has 0 unspecified atom stereocenters. The molecule has 5 nitrogen and oxygen atoms in total. The van der Waals surface area contributed by atoms with Gasteiger partial charge in [-0.15, -0.1) is 0 Å². The maximum Gasteiger partial charge on any atom is 0.422 e. The van der Waals surface area contributed by atoms with E-state index >= 15 is 0 Å². The van der Waals surface area contributed by atoms with Crippen molar-refractivity contribution < 1.29 is 35.9 Å². The third-order valence-electron chi connectivity index (χ3n) is 5.14. The minimum absolute atomic E-state index is 0.00681. The normalized spacial score (nSPS) is 18.5. The maximum atomic E-state index is 14.1. The summed E-state index contributed by atoms with van der Waals surface area (Å²) in [5, 5.41) is 5.61. The van der Waals surface area contributed by atoms with Gasteiger partial charge in [-0.3, -0.25) is 4.79 Å². The van der Waals surface area contributed by atoms with Crippen molar-refractivity contribution in [2.45, 2.75) is 24.6 Å². The van der Waals surface area contributed by atoms with Crippen molar-refractivity contribution in [2.75, 3.05) is 19.7 Å². The van der Waals surface area contributed by atoms with E-state index in [1.54, 1.807) is 30.3 Å². The maximum absolute atomic E-state index is 14.1. The molecule has 0 spiro atoms. The van der Waals surface area contributed by atoms with Gasteiger partial charge in [-0.2, -0.15) is 13.2 Å². The van der Waals surface area contributed by atoms with Gasteiger partial charge in [-0.25, -0.2) is 8.78 Å². The molecule has 0 radical (unpaired) electrons. The number of amides is 1. The number of fused-ring (bicyclic) bond motifs is 1. The number of hydrogen-bond donors (Lipinski definition) is 2.